The summed E-state index contributed by atoms with van der Waals surface area (Å²) in [4.78, 5) is 29.0. The van der Waals surface area contributed by atoms with Crippen molar-refractivity contribution in [3.8, 4) is 0 Å². The van der Waals surface area contributed by atoms with Gasteiger partial charge in [0.25, 0.3) is 0 Å². The van der Waals surface area contributed by atoms with Crippen molar-refractivity contribution in [3.63, 3.8) is 0 Å². The van der Waals surface area contributed by atoms with Gasteiger partial charge in [0.05, 0.1) is 19.1 Å². The molecule has 134 valence electrons. The first-order chi connectivity index (χ1) is 12.1. The fourth-order valence-corrected chi connectivity index (χ4v) is 3.48. The van der Waals surface area contributed by atoms with Gasteiger partial charge in [0.1, 0.15) is 0 Å². The van der Waals surface area contributed by atoms with Gasteiger partial charge >= 0.3 is 0 Å². The van der Waals surface area contributed by atoms with Gasteiger partial charge in [-0.3, -0.25) is 9.59 Å². The summed E-state index contributed by atoms with van der Waals surface area (Å²) in [7, 11) is 0. The van der Waals surface area contributed by atoms with Crippen molar-refractivity contribution >= 4 is 17.4 Å². The van der Waals surface area contributed by atoms with Gasteiger partial charge in [-0.2, -0.15) is 0 Å². The first kappa shape index (κ1) is 17.7. The summed E-state index contributed by atoms with van der Waals surface area (Å²) in [5.41, 5.74) is 2.00. The highest BCUT2D eigenvalue weighted by Crippen LogP contribution is 2.21. The SMILES string of the molecule is C/C(=C\C(=O)N1CCCC(C(=O)N2CCOCC2)C1)c1ccccc1. The van der Waals surface area contributed by atoms with E-state index in [4.69, 9.17) is 4.74 Å². The molecular formula is C20H26N2O3. The largest absolute Gasteiger partial charge is 0.378 e. The van der Waals surface area contributed by atoms with Crippen molar-refractivity contribution in [1.82, 2.24) is 9.80 Å². The lowest BCUT2D eigenvalue weighted by atomic mass is 9.96. The van der Waals surface area contributed by atoms with Crippen LogP contribution in [0.3, 0.4) is 0 Å². The number of hydrogen-bond donors (Lipinski definition) is 0. The summed E-state index contributed by atoms with van der Waals surface area (Å²) in [5.74, 6) is 0.0895. The molecule has 2 heterocycles. The van der Waals surface area contributed by atoms with Crippen molar-refractivity contribution in [2.24, 2.45) is 5.92 Å². The Hall–Kier alpha value is -2.14. The third-order valence-electron chi connectivity index (χ3n) is 4.97. The Balaban J connectivity index is 1.62. The summed E-state index contributed by atoms with van der Waals surface area (Å²) in [6, 6.07) is 9.90. The van der Waals surface area contributed by atoms with Gasteiger partial charge in [-0.15, -0.1) is 0 Å². The van der Waals surface area contributed by atoms with E-state index in [1.54, 1.807) is 6.08 Å². The normalized spacial score (nSPS) is 22.0. The maximum Gasteiger partial charge on any atom is 0.246 e. The molecule has 0 saturated carbocycles. The van der Waals surface area contributed by atoms with Gasteiger partial charge in [0.15, 0.2) is 0 Å². The van der Waals surface area contributed by atoms with Crippen LogP contribution in [0.25, 0.3) is 5.57 Å². The maximum atomic E-state index is 12.7. The smallest absolute Gasteiger partial charge is 0.246 e. The molecule has 0 spiro atoms. The van der Waals surface area contributed by atoms with Crippen LogP contribution >= 0.6 is 0 Å². The second-order valence-electron chi connectivity index (χ2n) is 6.75. The second kappa shape index (κ2) is 8.30. The Bertz CT molecular complexity index is 636. The zero-order valence-electron chi connectivity index (χ0n) is 14.8. The Kier molecular flexibility index (Phi) is 5.87. The Morgan fingerprint density at radius 1 is 1.08 bits per heavy atom. The molecule has 0 aliphatic carbocycles. The average Bonchev–Trinajstić information content (AvgIpc) is 2.68. The predicted octanol–water partition coefficient (Wildman–Crippen LogP) is 2.19. The van der Waals surface area contributed by atoms with Crippen LogP contribution in [-0.2, 0) is 14.3 Å². The molecule has 3 rings (SSSR count). The van der Waals surface area contributed by atoms with E-state index in [2.05, 4.69) is 0 Å². The maximum absolute atomic E-state index is 12.7. The standard InChI is InChI=1S/C20H26N2O3/c1-16(17-6-3-2-4-7-17)14-19(23)22-9-5-8-18(15-22)20(24)21-10-12-25-13-11-21/h2-4,6-7,14,18H,5,8-13,15H2,1H3/b16-14+. The number of benzene rings is 1. The number of ether oxygens (including phenoxy) is 1. The highest BCUT2D eigenvalue weighted by Gasteiger charge is 2.31. The Morgan fingerprint density at radius 3 is 2.52 bits per heavy atom. The number of rotatable bonds is 3. The van der Waals surface area contributed by atoms with E-state index in [9.17, 15) is 9.59 Å². The van der Waals surface area contributed by atoms with Crippen molar-refractivity contribution in [3.05, 3.63) is 42.0 Å². The zero-order chi connectivity index (χ0) is 17.6. The number of likely N-dealkylation sites (tertiary alicyclic amines) is 1. The molecular weight excluding hydrogens is 316 g/mol. The first-order valence-electron chi connectivity index (χ1n) is 9.04. The molecule has 25 heavy (non-hydrogen) atoms. The van der Waals surface area contributed by atoms with Crippen LogP contribution in [0.1, 0.15) is 25.3 Å². The molecule has 2 fully saturated rings. The zero-order valence-corrected chi connectivity index (χ0v) is 14.8. The molecule has 2 aliphatic heterocycles. The number of hydrogen-bond acceptors (Lipinski definition) is 3. The molecule has 2 aliphatic rings. The second-order valence-corrected chi connectivity index (χ2v) is 6.75. The van der Waals surface area contributed by atoms with Crippen LogP contribution in [0.2, 0.25) is 0 Å². The number of amides is 2. The van der Waals surface area contributed by atoms with Crippen LogP contribution in [0.4, 0.5) is 0 Å². The molecule has 1 unspecified atom stereocenters. The molecule has 1 aromatic rings. The van der Waals surface area contributed by atoms with Gasteiger partial charge in [-0.1, -0.05) is 30.3 Å². The van der Waals surface area contributed by atoms with Gasteiger partial charge in [0, 0.05) is 32.3 Å². The monoisotopic (exact) mass is 342 g/mol. The Morgan fingerprint density at radius 2 is 1.80 bits per heavy atom. The van der Waals surface area contributed by atoms with Gasteiger partial charge in [0.2, 0.25) is 11.8 Å². The summed E-state index contributed by atoms with van der Waals surface area (Å²) in [6.07, 6.45) is 3.43. The summed E-state index contributed by atoms with van der Waals surface area (Å²) in [5, 5.41) is 0. The quantitative estimate of drug-likeness (QED) is 0.791. The number of nitrogens with zero attached hydrogens (tertiary/aromatic N) is 2. The minimum absolute atomic E-state index is 0.000769. The van der Waals surface area contributed by atoms with E-state index in [0.29, 0.717) is 32.8 Å². The van der Waals surface area contributed by atoms with Crippen LogP contribution in [0.5, 0.6) is 0 Å². The highest BCUT2D eigenvalue weighted by molar-refractivity contribution is 5.95. The summed E-state index contributed by atoms with van der Waals surface area (Å²) < 4.78 is 5.32. The summed E-state index contributed by atoms with van der Waals surface area (Å²) in [6.45, 7) is 5.75. The minimum atomic E-state index is -0.0822. The van der Waals surface area contributed by atoms with E-state index in [1.807, 2.05) is 47.1 Å². The average molecular weight is 342 g/mol. The van der Waals surface area contributed by atoms with Gasteiger partial charge in [-0.25, -0.2) is 0 Å². The molecule has 5 nitrogen and oxygen atoms in total. The topological polar surface area (TPSA) is 49.9 Å². The third-order valence-corrected chi connectivity index (χ3v) is 4.97. The third kappa shape index (κ3) is 4.48. The molecule has 0 bridgehead atoms. The molecule has 1 atom stereocenters. The van der Waals surface area contributed by atoms with Gasteiger partial charge < -0.3 is 14.5 Å². The number of carbonyl (C=O) groups is 2. The first-order valence-corrected chi connectivity index (χ1v) is 9.04. The molecule has 5 heteroatoms. The van der Waals surface area contributed by atoms with E-state index < -0.39 is 0 Å². The van der Waals surface area contributed by atoms with Crippen LogP contribution in [-0.4, -0.2) is 61.0 Å². The van der Waals surface area contributed by atoms with Crippen molar-refractivity contribution in [1.29, 1.82) is 0 Å². The number of piperidine rings is 1. The summed E-state index contributed by atoms with van der Waals surface area (Å²) >= 11 is 0. The Labute approximate surface area is 149 Å². The molecule has 0 radical (unpaired) electrons. The minimum Gasteiger partial charge on any atom is -0.378 e. The van der Waals surface area contributed by atoms with E-state index in [0.717, 1.165) is 30.5 Å². The van der Waals surface area contributed by atoms with E-state index in [-0.39, 0.29) is 17.7 Å². The van der Waals surface area contributed by atoms with Crippen LogP contribution < -0.4 is 0 Å². The van der Waals surface area contributed by atoms with E-state index in [1.165, 1.54) is 0 Å². The van der Waals surface area contributed by atoms with Crippen molar-refractivity contribution < 1.29 is 14.3 Å². The molecule has 2 saturated heterocycles. The number of carbonyl (C=O) groups excluding carboxylic acids is 2. The highest BCUT2D eigenvalue weighted by atomic mass is 16.5. The molecule has 0 N–H and O–H groups in total. The lowest BCUT2D eigenvalue weighted by Crippen LogP contribution is -2.49. The fourth-order valence-electron chi connectivity index (χ4n) is 3.48. The lowest BCUT2D eigenvalue weighted by Gasteiger charge is -2.36. The van der Waals surface area contributed by atoms with E-state index >= 15 is 0 Å². The van der Waals surface area contributed by atoms with Crippen LogP contribution in [0.15, 0.2) is 36.4 Å². The molecule has 0 aromatic heterocycles. The van der Waals surface area contributed by atoms with Crippen molar-refractivity contribution in [2.45, 2.75) is 19.8 Å². The van der Waals surface area contributed by atoms with Crippen LogP contribution in [0, 0.1) is 5.92 Å². The fraction of sp³-hybridized carbons (Fsp3) is 0.500. The predicted molar refractivity (Wildman–Crippen MR) is 96.8 cm³/mol. The van der Waals surface area contributed by atoms with Gasteiger partial charge in [-0.05, 0) is 30.9 Å². The molecule has 1 aromatic carbocycles. The lowest BCUT2D eigenvalue weighted by molar-refractivity contribution is -0.143. The van der Waals surface area contributed by atoms with Crippen molar-refractivity contribution in [2.75, 3.05) is 39.4 Å². The number of allylic oxidation sites excluding steroid dienone is 1. The molecule has 2 amide bonds. The number of morpholine rings is 1.